The minimum Gasteiger partial charge on any atom is -0.397 e. The van der Waals surface area contributed by atoms with Gasteiger partial charge in [-0.1, -0.05) is 6.92 Å². The number of thioether (sulfide) groups is 1. The first kappa shape index (κ1) is 15.0. The number of nitrogens with two attached hydrogens (primary N) is 1. The molecule has 4 nitrogen and oxygen atoms in total. The molecule has 3 N–H and O–H groups in total. The van der Waals surface area contributed by atoms with Crippen molar-refractivity contribution < 1.29 is 4.79 Å². The van der Waals surface area contributed by atoms with Crippen LogP contribution in [0.3, 0.4) is 0 Å². The van der Waals surface area contributed by atoms with Gasteiger partial charge in [0.1, 0.15) is 5.69 Å². The zero-order valence-electron chi connectivity index (χ0n) is 11.6. The fraction of sp³-hybridized carbons (Fsp3) is 0.615. The molecule has 0 aliphatic carbocycles. The first-order valence-corrected chi connectivity index (χ1v) is 7.52. The number of anilines is 1. The van der Waals surface area contributed by atoms with Crippen molar-refractivity contribution in [2.75, 3.05) is 18.5 Å². The van der Waals surface area contributed by atoms with Crippen LogP contribution in [0.15, 0.2) is 12.3 Å². The highest BCUT2D eigenvalue weighted by Gasteiger charge is 2.14. The van der Waals surface area contributed by atoms with Gasteiger partial charge in [-0.05, 0) is 32.6 Å². The zero-order chi connectivity index (χ0) is 13.7. The van der Waals surface area contributed by atoms with Crippen molar-refractivity contribution >= 4 is 23.4 Å². The number of nitrogen functional groups attached to an aromatic ring is 1. The summed E-state index contributed by atoms with van der Waals surface area (Å²) in [6, 6.07) is 1.96. The van der Waals surface area contributed by atoms with Crippen molar-refractivity contribution in [3.63, 3.8) is 0 Å². The second kappa shape index (κ2) is 6.73. The van der Waals surface area contributed by atoms with Gasteiger partial charge in [0.05, 0.1) is 5.69 Å². The number of carbonyl (C=O) groups excluding carboxylic acids is 1. The van der Waals surface area contributed by atoms with E-state index < -0.39 is 0 Å². The summed E-state index contributed by atoms with van der Waals surface area (Å²) >= 11 is 1.81. The highest BCUT2D eigenvalue weighted by atomic mass is 32.2. The van der Waals surface area contributed by atoms with Crippen LogP contribution < -0.4 is 11.1 Å². The molecule has 1 aromatic rings. The Bertz CT molecular complexity index is 401. The smallest absolute Gasteiger partial charge is 0.267 e. The Hall–Kier alpha value is -1.10. The molecule has 1 aromatic heterocycles. The first-order chi connectivity index (χ1) is 8.45. The highest BCUT2D eigenvalue weighted by molar-refractivity contribution is 7.99. The summed E-state index contributed by atoms with van der Waals surface area (Å²) in [7, 11) is 0. The molecular formula is C13H23N3OS. The third-order valence-corrected chi connectivity index (χ3v) is 3.94. The number of hydrogen-bond acceptors (Lipinski definition) is 3. The molecule has 1 unspecified atom stereocenters. The van der Waals surface area contributed by atoms with Crippen LogP contribution in [0.5, 0.6) is 0 Å². The molecule has 1 atom stereocenters. The number of carbonyl (C=O) groups is 1. The van der Waals surface area contributed by atoms with E-state index in [1.54, 1.807) is 6.07 Å². The summed E-state index contributed by atoms with van der Waals surface area (Å²) in [5.74, 6) is -0.0475. The third-order valence-electron chi connectivity index (χ3n) is 2.90. The molecule has 0 spiro atoms. The molecule has 0 radical (unpaired) electrons. The Morgan fingerprint density at radius 2 is 2.17 bits per heavy atom. The maximum Gasteiger partial charge on any atom is 0.267 e. The van der Waals surface area contributed by atoms with Crippen molar-refractivity contribution in [2.45, 2.75) is 38.5 Å². The molecule has 0 saturated carbocycles. The average Bonchev–Trinajstić information content (AvgIpc) is 2.71. The first-order valence-electron chi connectivity index (χ1n) is 6.24. The van der Waals surface area contributed by atoms with Gasteiger partial charge in [0.25, 0.3) is 5.91 Å². The van der Waals surface area contributed by atoms with Crippen molar-refractivity contribution in [1.82, 2.24) is 9.88 Å². The van der Waals surface area contributed by atoms with Gasteiger partial charge in [-0.2, -0.15) is 11.8 Å². The number of amides is 1. The molecule has 5 heteroatoms. The van der Waals surface area contributed by atoms with E-state index in [1.807, 2.05) is 36.4 Å². The molecule has 102 valence electrons. The van der Waals surface area contributed by atoms with E-state index in [9.17, 15) is 4.79 Å². The zero-order valence-corrected chi connectivity index (χ0v) is 12.4. The number of aromatic nitrogens is 1. The van der Waals surface area contributed by atoms with E-state index >= 15 is 0 Å². The van der Waals surface area contributed by atoms with Crippen LogP contribution in [0.25, 0.3) is 0 Å². The Labute approximate surface area is 113 Å². The lowest BCUT2D eigenvalue weighted by Gasteiger charge is -2.13. The van der Waals surface area contributed by atoms with Crippen LogP contribution in [0.1, 0.15) is 43.7 Å². The Kier molecular flexibility index (Phi) is 5.59. The van der Waals surface area contributed by atoms with Gasteiger partial charge >= 0.3 is 0 Å². The third kappa shape index (κ3) is 3.98. The quantitative estimate of drug-likeness (QED) is 0.834. The van der Waals surface area contributed by atoms with Crippen molar-refractivity contribution in [3.8, 4) is 0 Å². The lowest BCUT2D eigenvalue weighted by atomic mass is 10.3. The number of hydrogen-bond donors (Lipinski definition) is 2. The Balaban J connectivity index is 2.61. The van der Waals surface area contributed by atoms with Crippen LogP contribution in [0, 0.1) is 0 Å². The molecule has 0 aliphatic rings. The lowest BCUT2D eigenvalue weighted by molar-refractivity contribution is 0.0942. The summed E-state index contributed by atoms with van der Waals surface area (Å²) in [6.07, 6.45) is 4.87. The molecular weight excluding hydrogens is 246 g/mol. The summed E-state index contributed by atoms with van der Waals surface area (Å²) in [5, 5.41) is 3.51. The van der Waals surface area contributed by atoms with Crippen LogP contribution >= 0.6 is 11.8 Å². The second-order valence-corrected chi connectivity index (χ2v) is 6.03. The highest BCUT2D eigenvalue weighted by Crippen LogP contribution is 2.16. The van der Waals surface area contributed by atoms with Crippen LogP contribution in [0.4, 0.5) is 5.69 Å². The van der Waals surface area contributed by atoms with Gasteiger partial charge < -0.3 is 15.6 Å². The van der Waals surface area contributed by atoms with Crippen LogP contribution in [0.2, 0.25) is 0 Å². The second-order valence-electron chi connectivity index (χ2n) is 4.75. The molecule has 0 aromatic carbocycles. The van der Waals surface area contributed by atoms with E-state index in [0.717, 1.165) is 6.42 Å². The SMILES string of the molecule is CSC(C)CCNC(=O)c1cc(N)cn1C(C)C. The number of nitrogens with zero attached hydrogens (tertiary/aromatic N) is 1. The summed E-state index contributed by atoms with van der Waals surface area (Å²) < 4.78 is 1.91. The van der Waals surface area contributed by atoms with E-state index in [0.29, 0.717) is 23.2 Å². The predicted molar refractivity (Wildman–Crippen MR) is 79.2 cm³/mol. The van der Waals surface area contributed by atoms with Crippen LogP contribution in [-0.4, -0.2) is 28.5 Å². The maximum absolute atomic E-state index is 12.1. The topological polar surface area (TPSA) is 60.1 Å². The summed E-state index contributed by atoms with van der Waals surface area (Å²) in [4.78, 5) is 12.1. The van der Waals surface area contributed by atoms with Crippen molar-refractivity contribution in [1.29, 1.82) is 0 Å². The number of rotatable bonds is 6. The lowest BCUT2D eigenvalue weighted by Crippen LogP contribution is -2.28. The predicted octanol–water partition coefficient (Wildman–Crippen LogP) is 2.52. The minimum atomic E-state index is -0.0475. The summed E-state index contributed by atoms with van der Waals surface area (Å²) in [6.45, 7) is 6.92. The fourth-order valence-electron chi connectivity index (χ4n) is 1.71. The van der Waals surface area contributed by atoms with Crippen LogP contribution in [-0.2, 0) is 0 Å². The molecule has 0 bridgehead atoms. The maximum atomic E-state index is 12.1. The number of nitrogens with one attached hydrogen (secondary N) is 1. The monoisotopic (exact) mass is 269 g/mol. The molecule has 0 aliphatic heterocycles. The molecule has 18 heavy (non-hydrogen) atoms. The molecule has 1 heterocycles. The van der Waals surface area contributed by atoms with Gasteiger partial charge in [0, 0.05) is 24.0 Å². The Morgan fingerprint density at radius 3 is 2.72 bits per heavy atom. The van der Waals surface area contributed by atoms with Gasteiger partial charge in [-0.15, -0.1) is 0 Å². The van der Waals surface area contributed by atoms with Gasteiger partial charge in [0.2, 0.25) is 0 Å². The van der Waals surface area contributed by atoms with E-state index in [-0.39, 0.29) is 11.9 Å². The van der Waals surface area contributed by atoms with Gasteiger partial charge in [0.15, 0.2) is 0 Å². The van der Waals surface area contributed by atoms with Crippen molar-refractivity contribution in [3.05, 3.63) is 18.0 Å². The fourth-order valence-corrected chi connectivity index (χ4v) is 2.06. The molecule has 1 amide bonds. The average molecular weight is 269 g/mol. The molecule has 0 saturated heterocycles. The summed E-state index contributed by atoms with van der Waals surface area (Å²) in [5.41, 5.74) is 7.02. The van der Waals surface area contributed by atoms with Crippen molar-refractivity contribution in [2.24, 2.45) is 0 Å². The van der Waals surface area contributed by atoms with E-state index in [1.165, 1.54) is 0 Å². The van der Waals surface area contributed by atoms with Gasteiger partial charge in [-0.25, -0.2) is 0 Å². The molecule has 0 fully saturated rings. The van der Waals surface area contributed by atoms with E-state index in [2.05, 4.69) is 18.5 Å². The normalized spacial score (nSPS) is 12.7. The largest absolute Gasteiger partial charge is 0.397 e. The van der Waals surface area contributed by atoms with E-state index in [4.69, 9.17) is 5.73 Å². The molecule has 1 rings (SSSR count). The minimum absolute atomic E-state index is 0.0475. The standard InChI is InChI=1S/C13H23N3OS/c1-9(2)16-8-11(14)7-12(16)13(17)15-6-5-10(3)18-4/h7-10H,5-6,14H2,1-4H3,(H,15,17). The Morgan fingerprint density at radius 1 is 1.50 bits per heavy atom. The van der Waals surface area contributed by atoms with Gasteiger partial charge in [-0.3, -0.25) is 4.79 Å².